The summed E-state index contributed by atoms with van der Waals surface area (Å²) in [6, 6.07) is 11.0. The fraction of sp³-hybridized carbons (Fsp3) is 0.296. The van der Waals surface area contributed by atoms with Crippen molar-refractivity contribution in [1.29, 1.82) is 0 Å². The van der Waals surface area contributed by atoms with E-state index in [1.165, 1.54) is 23.5 Å². The lowest BCUT2D eigenvalue weighted by atomic mass is 9.86. The Morgan fingerprint density at radius 2 is 1.88 bits per heavy atom. The predicted octanol–water partition coefficient (Wildman–Crippen LogP) is 4.22. The van der Waals surface area contributed by atoms with Crippen molar-refractivity contribution in [2.75, 3.05) is 18.9 Å². The Kier molecular flexibility index (Phi) is 6.02. The maximum Gasteiger partial charge on any atom is 0.414 e. The van der Waals surface area contributed by atoms with Gasteiger partial charge < -0.3 is 26.6 Å². The highest BCUT2D eigenvalue weighted by Gasteiger charge is 2.59. The number of halogens is 4. The molecule has 1 aliphatic heterocycles. The van der Waals surface area contributed by atoms with E-state index in [4.69, 9.17) is 16.2 Å². The van der Waals surface area contributed by atoms with Crippen molar-refractivity contribution in [1.82, 2.24) is 15.3 Å². The van der Waals surface area contributed by atoms with Crippen LogP contribution in [-0.4, -0.2) is 40.3 Å². The minimum atomic E-state index is -4.87. The van der Waals surface area contributed by atoms with E-state index in [0.29, 0.717) is 33.8 Å². The summed E-state index contributed by atoms with van der Waals surface area (Å²) in [5.74, 6) is -1.60. The van der Waals surface area contributed by atoms with E-state index in [9.17, 15) is 27.5 Å². The number of hydrogen-bond donors (Lipinski definition) is 4. The number of nitrogens with two attached hydrogens (primary N) is 2. The molecule has 6 N–H and O–H groups in total. The van der Waals surface area contributed by atoms with Crippen LogP contribution in [0.3, 0.4) is 0 Å². The summed E-state index contributed by atoms with van der Waals surface area (Å²) in [6.45, 7) is -1.20. The minimum Gasteiger partial charge on any atom is -0.488 e. The minimum absolute atomic E-state index is 0.0114. The molecule has 2 aromatic heterocycles. The summed E-state index contributed by atoms with van der Waals surface area (Å²) < 4.78 is 62.2. The third-order valence-corrected chi connectivity index (χ3v) is 8.25. The fourth-order valence-electron chi connectivity index (χ4n) is 4.94. The van der Waals surface area contributed by atoms with Gasteiger partial charge in [-0.3, -0.25) is 4.79 Å². The second-order valence-electron chi connectivity index (χ2n) is 10.1. The molecule has 0 unspecified atom stereocenters. The van der Waals surface area contributed by atoms with Crippen molar-refractivity contribution in [2.24, 2.45) is 11.7 Å². The third kappa shape index (κ3) is 4.34. The molecule has 4 aromatic rings. The molecule has 8 nitrogen and oxygen atoms in total. The van der Waals surface area contributed by atoms with Crippen LogP contribution in [0, 0.1) is 11.7 Å². The molecule has 1 saturated carbocycles. The molecular weight excluding hydrogens is 550 g/mol. The van der Waals surface area contributed by atoms with Gasteiger partial charge in [-0.1, -0.05) is 11.3 Å². The second kappa shape index (κ2) is 9.11. The molecule has 2 atom stereocenters. The highest BCUT2D eigenvalue weighted by Crippen LogP contribution is 2.52. The number of nitrogen functional groups attached to an aromatic ring is 1. The summed E-state index contributed by atoms with van der Waals surface area (Å²) in [7, 11) is 0. The van der Waals surface area contributed by atoms with Gasteiger partial charge in [0.05, 0.1) is 22.5 Å². The van der Waals surface area contributed by atoms with Crippen molar-refractivity contribution in [3.05, 3.63) is 71.2 Å². The number of fused-ring (bicyclic) bond motifs is 2. The van der Waals surface area contributed by atoms with Gasteiger partial charge >= 0.3 is 6.18 Å². The van der Waals surface area contributed by atoms with Gasteiger partial charge in [-0.05, 0) is 67.3 Å². The zero-order valence-corrected chi connectivity index (χ0v) is 21.6. The van der Waals surface area contributed by atoms with Crippen LogP contribution in [-0.2, 0) is 11.1 Å². The van der Waals surface area contributed by atoms with E-state index >= 15 is 0 Å². The number of nitrogens with one attached hydrogen (secondary N) is 1. The molecule has 6 rings (SSSR count). The summed E-state index contributed by atoms with van der Waals surface area (Å²) in [4.78, 5) is 21.7. The first kappa shape index (κ1) is 26.4. The van der Waals surface area contributed by atoms with Crippen molar-refractivity contribution in [3.8, 4) is 17.0 Å². The Bertz CT molecular complexity index is 1640. The molecule has 1 amide bonds. The van der Waals surface area contributed by atoms with Gasteiger partial charge in [0.25, 0.3) is 5.91 Å². The van der Waals surface area contributed by atoms with Crippen LogP contribution >= 0.6 is 11.3 Å². The monoisotopic (exact) mass is 573 g/mol. The summed E-state index contributed by atoms with van der Waals surface area (Å²) >= 11 is 1.22. The van der Waals surface area contributed by atoms with Crippen molar-refractivity contribution < 1.29 is 32.2 Å². The maximum absolute atomic E-state index is 14.2. The number of benzene rings is 2. The number of alkyl halides is 3. The average molecular weight is 574 g/mol. The quantitative estimate of drug-likeness (QED) is 0.254. The number of anilines is 1. The lowest BCUT2D eigenvalue weighted by molar-refractivity contribution is -0.191. The number of rotatable bonds is 6. The van der Waals surface area contributed by atoms with Crippen molar-refractivity contribution in [2.45, 2.75) is 30.2 Å². The van der Waals surface area contributed by atoms with Crippen LogP contribution in [0.25, 0.3) is 21.5 Å². The SMILES string of the molecule is Nc1nc2ccc(C(=O)NC[C@](O)(c3cc4c(c(-c5ccc(F)cc5)n3)OC[C@@]4(N)C(F)(F)F)C3CC3)cc2s1. The van der Waals surface area contributed by atoms with Crippen LogP contribution in [0.1, 0.15) is 34.5 Å². The number of amides is 1. The molecule has 2 aromatic carbocycles. The molecule has 0 radical (unpaired) electrons. The lowest BCUT2D eigenvalue weighted by Crippen LogP contribution is -2.52. The van der Waals surface area contributed by atoms with E-state index in [-0.39, 0.29) is 40.7 Å². The number of pyridine rings is 1. The number of carbonyl (C=O) groups excluding carboxylic acids is 1. The van der Waals surface area contributed by atoms with Gasteiger partial charge in [-0.15, -0.1) is 0 Å². The number of hydrogen-bond acceptors (Lipinski definition) is 8. The molecular formula is C27H23F4N5O3S. The highest BCUT2D eigenvalue weighted by molar-refractivity contribution is 7.22. The summed E-state index contributed by atoms with van der Waals surface area (Å²) in [6.07, 6.45) is -3.72. The standard InChI is InChI=1S/C27H23F4N5O3S/c28-16-6-1-13(2-7-16)21-22-17(26(33,12-39-22)27(29,30)31)10-20(36-21)25(38,15-4-5-15)11-34-23(37)14-3-8-18-19(9-14)40-24(32)35-18/h1-3,6-10,15,38H,4-5,11-12,33H2,(H2,32,35)(H,34,37)/t25-,26+/m1/s1. The molecule has 13 heteroatoms. The number of ether oxygens (including phenoxy) is 1. The fourth-order valence-corrected chi connectivity index (χ4v) is 5.71. The number of carbonyl (C=O) groups is 1. The number of nitrogens with zero attached hydrogens (tertiary/aromatic N) is 2. The van der Waals surface area contributed by atoms with Crippen LogP contribution in [0.15, 0.2) is 48.5 Å². The van der Waals surface area contributed by atoms with Gasteiger partial charge in [0.2, 0.25) is 0 Å². The van der Waals surface area contributed by atoms with E-state index in [2.05, 4.69) is 15.3 Å². The Balaban J connectivity index is 1.40. The van der Waals surface area contributed by atoms with Gasteiger partial charge in [0, 0.05) is 16.7 Å². The zero-order valence-electron chi connectivity index (χ0n) is 20.8. The van der Waals surface area contributed by atoms with E-state index in [1.54, 1.807) is 18.2 Å². The van der Waals surface area contributed by atoms with Crippen molar-refractivity contribution >= 4 is 32.6 Å². The Morgan fingerprint density at radius 1 is 1.15 bits per heavy atom. The smallest absolute Gasteiger partial charge is 0.414 e. The molecule has 1 fully saturated rings. The summed E-state index contributed by atoms with van der Waals surface area (Å²) in [5.41, 5.74) is 7.68. The van der Waals surface area contributed by atoms with Crippen molar-refractivity contribution in [3.63, 3.8) is 0 Å². The largest absolute Gasteiger partial charge is 0.488 e. The number of aliphatic hydroxyl groups is 1. The van der Waals surface area contributed by atoms with Crippen LogP contribution < -0.4 is 21.5 Å². The molecule has 0 saturated heterocycles. The van der Waals surface area contributed by atoms with E-state index in [1.807, 2.05) is 0 Å². The first-order valence-electron chi connectivity index (χ1n) is 12.4. The Labute approximate surface area is 229 Å². The first-order valence-corrected chi connectivity index (χ1v) is 13.2. The topological polar surface area (TPSA) is 136 Å². The molecule has 40 heavy (non-hydrogen) atoms. The van der Waals surface area contributed by atoms with Gasteiger partial charge in [0.15, 0.2) is 16.4 Å². The number of thiazole rings is 1. The summed E-state index contributed by atoms with van der Waals surface area (Å²) in [5, 5.41) is 15.0. The maximum atomic E-state index is 14.2. The predicted molar refractivity (Wildman–Crippen MR) is 140 cm³/mol. The Morgan fingerprint density at radius 3 is 2.55 bits per heavy atom. The lowest BCUT2D eigenvalue weighted by Gasteiger charge is -2.31. The molecule has 208 valence electrons. The average Bonchev–Trinajstić information content (AvgIpc) is 3.62. The van der Waals surface area contributed by atoms with E-state index < -0.39 is 35.6 Å². The molecule has 0 spiro atoms. The first-order chi connectivity index (χ1) is 18.9. The molecule has 2 aliphatic rings. The Hall–Kier alpha value is -3.81. The molecule has 1 aliphatic carbocycles. The van der Waals surface area contributed by atoms with Gasteiger partial charge in [0.1, 0.15) is 23.7 Å². The number of aromatic nitrogens is 2. The van der Waals surface area contributed by atoms with E-state index in [0.717, 1.165) is 18.2 Å². The zero-order chi connectivity index (χ0) is 28.4. The van der Waals surface area contributed by atoms with Gasteiger partial charge in [-0.2, -0.15) is 13.2 Å². The molecule has 3 heterocycles. The van der Waals surface area contributed by atoms with Crippen LogP contribution in [0.2, 0.25) is 0 Å². The van der Waals surface area contributed by atoms with Crippen LogP contribution in [0.5, 0.6) is 5.75 Å². The van der Waals surface area contributed by atoms with Crippen LogP contribution in [0.4, 0.5) is 22.7 Å². The normalized spacial score (nSPS) is 20.1. The third-order valence-electron chi connectivity index (χ3n) is 7.40. The second-order valence-corrected chi connectivity index (χ2v) is 11.2. The van der Waals surface area contributed by atoms with Gasteiger partial charge in [-0.25, -0.2) is 14.4 Å². The molecule has 0 bridgehead atoms. The highest BCUT2D eigenvalue weighted by atomic mass is 32.1.